The fourth-order valence-corrected chi connectivity index (χ4v) is 14.6. The van der Waals surface area contributed by atoms with Crippen LogP contribution in [0.1, 0.15) is 106 Å². The van der Waals surface area contributed by atoms with Crippen LogP contribution < -0.4 is 0 Å². The van der Waals surface area contributed by atoms with Gasteiger partial charge < -0.3 is 78.7 Å². The normalized spacial score (nSPS) is 59.7. The molecule has 9 fully saturated rings. The van der Waals surface area contributed by atoms with Crippen molar-refractivity contribution in [3.05, 3.63) is 0 Å². The summed E-state index contributed by atoms with van der Waals surface area (Å²) < 4.78 is 50.3. The quantitative estimate of drug-likeness (QED) is 0.169. The number of aliphatic hydroxyl groups is 8. The first-order valence-corrected chi connectivity index (χ1v) is 23.5. The molecule has 27 atom stereocenters. The molecule has 0 aromatic rings. The van der Waals surface area contributed by atoms with E-state index < -0.39 is 105 Å². The predicted molar refractivity (Wildman–Crippen MR) is 213 cm³/mol. The minimum atomic E-state index is -1.70. The highest BCUT2D eigenvalue weighted by Gasteiger charge is 2.69. The molecular weight excluding hydrogens is 796 g/mol. The number of rotatable bonds is 7. The Morgan fingerprint density at radius 3 is 1.85 bits per heavy atom. The molecular formula is C45H74O16. The Labute approximate surface area is 359 Å². The van der Waals surface area contributed by atoms with E-state index in [1.807, 2.05) is 0 Å². The molecule has 0 radical (unpaired) electrons. The Morgan fingerprint density at radius 2 is 1.23 bits per heavy atom. The molecule has 0 unspecified atom stereocenters. The highest BCUT2D eigenvalue weighted by Crippen LogP contribution is 2.71. The van der Waals surface area contributed by atoms with Crippen LogP contribution in [0.3, 0.4) is 0 Å². The van der Waals surface area contributed by atoms with E-state index in [9.17, 15) is 40.9 Å². The van der Waals surface area contributed by atoms with Crippen molar-refractivity contribution in [1.82, 2.24) is 0 Å². The molecule has 0 aromatic carbocycles. The molecule has 0 amide bonds. The third kappa shape index (κ3) is 7.50. The fourth-order valence-electron chi connectivity index (χ4n) is 14.6. The van der Waals surface area contributed by atoms with Gasteiger partial charge in [0, 0.05) is 12.3 Å². The molecule has 4 saturated carbocycles. The van der Waals surface area contributed by atoms with Crippen molar-refractivity contribution in [2.24, 2.45) is 52.3 Å². The topological polar surface area (TPSA) is 236 Å². The van der Waals surface area contributed by atoms with Gasteiger partial charge in [-0.05, 0) is 118 Å². The smallest absolute Gasteiger partial charge is 0.187 e. The highest BCUT2D eigenvalue weighted by molar-refractivity contribution is 5.15. The molecule has 8 N–H and O–H groups in total. The molecule has 1 spiro atoms. The summed E-state index contributed by atoms with van der Waals surface area (Å²) in [7, 11) is 0. The summed E-state index contributed by atoms with van der Waals surface area (Å²) in [5.74, 6) is 3.27. The summed E-state index contributed by atoms with van der Waals surface area (Å²) in [6.45, 7) is 12.9. The summed E-state index contributed by atoms with van der Waals surface area (Å²) >= 11 is 0. The fraction of sp³-hybridized carbons (Fsp3) is 1.00. The Morgan fingerprint density at radius 1 is 0.590 bits per heavy atom. The van der Waals surface area contributed by atoms with Gasteiger partial charge in [-0.1, -0.05) is 27.7 Å². The van der Waals surface area contributed by atoms with Crippen LogP contribution in [0, 0.1) is 52.3 Å². The van der Waals surface area contributed by atoms with E-state index in [1.165, 1.54) is 26.7 Å². The summed E-state index contributed by atoms with van der Waals surface area (Å²) in [4.78, 5) is 0. The van der Waals surface area contributed by atoms with Crippen molar-refractivity contribution in [1.29, 1.82) is 0 Å². The van der Waals surface area contributed by atoms with E-state index in [0.717, 1.165) is 58.0 Å². The zero-order valence-corrected chi connectivity index (χ0v) is 36.7. The van der Waals surface area contributed by atoms with Crippen LogP contribution in [-0.4, -0.2) is 164 Å². The second-order valence-electron chi connectivity index (χ2n) is 21.5. The van der Waals surface area contributed by atoms with Crippen LogP contribution in [0.4, 0.5) is 0 Å². The number of hydrogen-bond acceptors (Lipinski definition) is 16. The summed E-state index contributed by atoms with van der Waals surface area (Å²) in [5.41, 5.74) is 0.350. The van der Waals surface area contributed by atoms with Gasteiger partial charge in [0.05, 0.1) is 37.6 Å². The second-order valence-corrected chi connectivity index (χ2v) is 21.5. The van der Waals surface area contributed by atoms with E-state index in [4.69, 9.17) is 37.9 Å². The summed E-state index contributed by atoms with van der Waals surface area (Å²) in [6, 6.07) is 0. The lowest BCUT2D eigenvalue weighted by Gasteiger charge is -2.61. The zero-order chi connectivity index (χ0) is 43.5. The number of fused-ring (bicyclic) bond motifs is 7. The van der Waals surface area contributed by atoms with Gasteiger partial charge in [-0.2, -0.15) is 0 Å². The first-order chi connectivity index (χ1) is 28.9. The number of hydrogen-bond donors (Lipinski definition) is 8. The van der Waals surface area contributed by atoms with E-state index in [2.05, 4.69) is 27.7 Å². The maximum atomic E-state index is 12.0. The maximum absolute atomic E-state index is 12.0. The Kier molecular flexibility index (Phi) is 12.6. The van der Waals surface area contributed by atoms with Crippen LogP contribution in [-0.2, 0) is 37.9 Å². The largest absolute Gasteiger partial charge is 0.394 e. The van der Waals surface area contributed by atoms with Crippen molar-refractivity contribution in [2.45, 2.75) is 216 Å². The molecule has 5 saturated heterocycles. The predicted octanol–water partition coefficient (Wildman–Crippen LogP) is 1.32. The van der Waals surface area contributed by atoms with E-state index in [1.54, 1.807) is 0 Å². The second kappa shape index (κ2) is 16.9. The molecule has 16 heteroatoms. The van der Waals surface area contributed by atoms with Gasteiger partial charge in [0.15, 0.2) is 24.7 Å². The average molecular weight is 871 g/mol. The molecule has 5 aliphatic heterocycles. The SMILES string of the molecule is C[C@@H]1CC[C@@]2(OC1)O[C@H]1C[C@H]3[C@@H]4CC[C@H]5C[C@@H](O[C@@H]6O[C@H](CO)[C@@H](O[C@H]7O[C@@H](C)[C@H](O)[C@@H](O)[C@H]7O)[C@H](O)[C@H]6O[C@H]6O[C@@H](C)[C@H](O)[C@@H](O)[C@H]6O)CC[C@]5(C)[C@H]4CC[C@]3(C)[C@H]1[C@@H]2C. The first kappa shape index (κ1) is 45.5. The van der Waals surface area contributed by atoms with Crippen molar-refractivity contribution >= 4 is 0 Å². The van der Waals surface area contributed by atoms with Gasteiger partial charge in [0.1, 0.15) is 61.0 Å². The van der Waals surface area contributed by atoms with E-state index in [-0.39, 0.29) is 23.0 Å². The van der Waals surface area contributed by atoms with E-state index >= 15 is 0 Å². The molecule has 350 valence electrons. The Bertz CT molecular complexity index is 1530. The molecule has 9 rings (SSSR count). The lowest BCUT2D eigenvalue weighted by Crippen LogP contribution is -2.66. The Balaban J connectivity index is 0.897. The van der Waals surface area contributed by atoms with Crippen molar-refractivity contribution < 1.29 is 78.7 Å². The molecule has 16 nitrogen and oxygen atoms in total. The standard InChI is InChI=1S/C45H74O16/c1-19-9-14-45(54-18-19)20(2)30-28(61-45)16-27-25-8-7-23-15-24(10-12-43(23,5)26(25)11-13-44(27,30)6)57-42-39(60-41-36(52)34(50)32(48)22(4)56-41)37(53)38(29(17-46)58-42)59-40-35(51)33(49)31(47)21(3)55-40/h19-42,46-53H,7-18H2,1-6H3/t19-,20+,21+,22+,23+,24+,25-,26+,27+,28+,29-,30+,31+,32+,33-,34-,35-,36-,37+,38-,39-,40-,41-,42-,43+,44+,45-/m1/s1. The molecule has 9 aliphatic rings. The van der Waals surface area contributed by atoms with Crippen LogP contribution >= 0.6 is 0 Å². The molecule has 5 heterocycles. The van der Waals surface area contributed by atoms with Crippen molar-refractivity contribution in [3.63, 3.8) is 0 Å². The van der Waals surface area contributed by atoms with Crippen LogP contribution in [0.2, 0.25) is 0 Å². The lowest BCUT2D eigenvalue weighted by atomic mass is 9.44. The van der Waals surface area contributed by atoms with Crippen molar-refractivity contribution in [2.75, 3.05) is 13.2 Å². The van der Waals surface area contributed by atoms with Crippen LogP contribution in [0.5, 0.6) is 0 Å². The minimum absolute atomic E-state index is 0.122. The van der Waals surface area contributed by atoms with Gasteiger partial charge in [-0.15, -0.1) is 0 Å². The van der Waals surface area contributed by atoms with Gasteiger partial charge >= 0.3 is 0 Å². The van der Waals surface area contributed by atoms with Gasteiger partial charge in [0.2, 0.25) is 0 Å². The monoisotopic (exact) mass is 870 g/mol. The molecule has 0 aromatic heterocycles. The summed E-state index contributed by atoms with van der Waals surface area (Å²) in [6.07, 6.45) is -11.0. The first-order valence-electron chi connectivity index (χ1n) is 23.5. The molecule has 4 aliphatic carbocycles. The minimum Gasteiger partial charge on any atom is -0.394 e. The van der Waals surface area contributed by atoms with Gasteiger partial charge in [-0.25, -0.2) is 0 Å². The Hall–Kier alpha value is -0.640. The summed E-state index contributed by atoms with van der Waals surface area (Å²) in [5, 5.41) is 85.9. The lowest BCUT2D eigenvalue weighted by molar-refractivity contribution is -0.389. The zero-order valence-electron chi connectivity index (χ0n) is 36.7. The number of ether oxygens (including phenoxy) is 8. The van der Waals surface area contributed by atoms with Crippen molar-refractivity contribution in [3.8, 4) is 0 Å². The highest BCUT2D eigenvalue weighted by atomic mass is 16.8. The maximum Gasteiger partial charge on any atom is 0.187 e. The van der Waals surface area contributed by atoms with E-state index in [0.29, 0.717) is 41.4 Å². The van der Waals surface area contributed by atoms with Crippen LogP contribution in [0.25, 0.3) is 0 Å². The average Bonchev–Trinajstić information content (AvgIpc) is 3.69. The third-order valence-electron chi connectivity index (χ3n) is 18.2. The van der Waals surface area contributed by atoms with Crippen LogP contribution in [0.15, 0.2) is 0 Å². The third-order valence-corrected chi connectivity index (χ3v) is 18.2. The molecule has 61 heavy (non-hydrogen) atoms. The van der Waals surface area contributed by atoms with Gasteiger partial charge in [0.25, 0.3) is 0 Å². The molecule has 0 bridgehead atoms. The number of aliphatic hydroxyl groups excluding tert-OH is 8. The van der Waals surface area contributed by atoms with Gasteiger partial charge in [-0.3, -0.25) is 0 Å².